The van der Waals surface area contributed by atoms with Gasteiger partial charge in [0.2, 0.25) is 0 Å². The van der Waals surface area contributed by atoms with E-state index in [0.29, 0.717) is 18.7 Å². The lowest BCUT2D eigenvalue weighted by molar-refractivity contribution is 0.0957. The molecule has 24 heavy (non-hydrogen) atoms. The van der Waals surface area contributed by atoms with Crippen molar-refractivity contribution in [3.8, 4) is 5.75 Å². The van der Waals surface area contributed by atoms with Crippen LogP contribution in [0.3, 0.4) is 0 Å². The Hall–Kier alpha value is -2.75. The fourth-order valence-corrected chi connectivity index (χ4v) is 3.26. The van der Waals surface area contributed by atoms with Crippen LogP contribution in [0.25, 0.3) is 11.0 Å². The number of amides is 1. The largest absolute Gasteiger partial charge is 0.491 e. The lowest BCUT2D eigenvalue weighted by atomic mass is 9.93. The molecule has 4 nitrogen and oxygen atoms in total. The second-order valence-electron chi connectivity index (χ2n) is 6.24. The Morgan fingerprint density at radius 3 is 2.88 bits per heavy atom. The van der Waals surface area contributed by atoms with Crippen LogP contribution in [0.15, 0.2) is 41.0 Å². The highest BCUT2D eigenvalue weighted by Gasteiger charge is 2.21. The lowest BCUT2D eigenvalue weighted by Crippen LogP contribution is -2.24. The summed E-state index contributed by atoms with van der Waals surface area (Å²) in [4.78, 5) is 12.3. The summed E-state index contributed by atoms with van der Waals surface area (Å²) < 4.78 is 11.2. The zero-order chi connectivity index (χ0) is 16.7. The molecule has 0 unspecified atom stereocenters. The third-order valence-corrected chi connectivity index (χ3v) is 4.74. The first-order chi connectivity index (χ1) is 11.6. The van der Waals surface area contributed by atoms with E-state index in [1.807, 2.05) is 25.1 Å². The van der Waals surface area contributed by atoms with Crippen LogP contribution in [0, 0.1) is 13.8 Å². The predicted octanol–water partition coefficient (Wildman–Crippen LogP) is 3.76. The maximum Gasteiger partial charge on any atom is 0.255 e. The Labute approximate surface area is 140 Å². The van der Waals surface area contributed by atoms with Gasteiger partial charge in [0.05, 0.1) is 18.4 Å². The highest BCUT2D eigenvalue weighted by atomic mass is 16.5. The van der Waals surface area contributed by atoms with Crippen molar-refractivity contribution in [1.29, 1.82) is 0 Å². The molecule has 2 aromatic carbocycles. The first-order valence-corrected chi connectivity index (χ1v) is 8.13. The molecule has 2 heterocycles. The molecule has 0 bridgehead atoms. The number of benzene rings is 2. The average Bonchev–Trinajstić information content (AvgIpc) is 2.96. The molecule has 0 fully saturated rings. The summed E-state index contributed by atoms with van der Waals surface area (Å²) in [5.41, 5.74) is 6.09. The number of ether oxygens (including phenoxy) is 1. The van der Waals surface area contributed by atoms with Crippen molar-refractivity contribution in [2.75, 3.05) is 13.2 Å². The number of nitrogens with one attached hydrogen (secondary N) is 1. The number of hydrogen-bond acceptors (Lipinski definition) is 3. The standard InChI is InChI=1S/C20H19NO3/c1-12-13(2)19-17(20(22)21-6-8-24-19)11-16(12)10-14-3-4-18-15(9-14)5-7-23-18/h3-5,7,9,11H,6,8,10H2,1-2H3,(H,21,22). The molecule has 0 atom stereocenters. The second kappa shape index (κ2) is 5.71. The molecule has 0 spiro atoms. The normalized spacial score (nSPS) is 14.0. The Morgan fingerprint density at radius 2 is 2.00 bits per heavy atom. The minimum Gasteiger partial charge on any atom is -0.491 e. The van der Waals surface area contributed by atoms with Crippen molar-refractivity contribution in [2.45, 2.75) is 20.3 Å². The van der Waals surface area contributed by atoms with E-state index in [-0.39, 0.29) is 5.91 Å². The molecule has 4 rings (SSSR count). The van der Waals surface area contributed by atoms with Crippen LogP contribution in [-0.2, 0) is 6.42 Å². The maximum absolute atomic E-state index is 12.3. The van der Waals surface area contributed by atoms with Gasteiger partial charge in [0.1, 0.15) is 17.9 Å². The van der Waals surface area contributed by atoms with Gasteiger partial charge in [-0.3, -0.25) is 4.79 Å². The summed E-state index contributed by atoms with van der Waals surface area (Å²) in [7, 11) is 0. The van der Waals surface area contributed by atoms with E-state index in [4.69, 9.17) is 9.15 Å². The third kappa shape index (κ3) is 2.44. The number of carbonyl (C=O) groups excluding carboxylic acids is 1. The summed E-state index contributed by atoms with van der Waals surface area (Å²) >= 11 is 0. The van der Waals surface area contributed by atoms with Crippen LogP contribution in [0.5, 0.6) is 5.75 Å². The molecule has 3 aromatic rings. The summed E-state index contributed by atoms with van der Waals surface area (Å²) in [6.07, 6.45) is 2.47. The number of furan rings is 1. The van der Waals surface area contributed by atoms with Gasteiger partial charge in [0, 0.05) is 5.39 Å². The molecular formula is C20H19NO3. The Balaban J connectivity index is 1.77. The number of rotatable bonds is 2. The number of fused-ring (bicyclic) bond motifs is 2. The molecule has 1 aromatic heterocycles. The van der Waals surface area contributed by atoms with E-state index >= 15 is 0 Å². The molecule has 0 radical (unpaired) electrons. The van der Waals surface area contributed by atoms with Crippen LogP contribution in [0.2, 0.25) is 0 Å². The first-order valence-electron chi connectivity index (χ1n) is 8.13. The Bertz CT molecular complexity index is 939. The molecule has 1 aliphatic rings. The van der Waals surface area contributed by atoms with Gasteiger partial charge in [-0.05, 0) is 66.8 Å². The second-order valence-corrected chi connectivity index (χ2v) is 6.24. The average molecular weight is 321 g/mol. The van der Waals surface area contributed by atoms with Crippen LogP contribution in [-0.4, -0.2) is 19.1 Å². The van der Waals surface area contributed by atoms with E-state index in [9.17, 15) is 4.79 Å². The van der Waals surface area contributed by atoms with Gasteiger partial charge >= 0.3 is 0 Å². The monoisotopic (exact) mass is 321 g/mol. The van der Waals surface area contributed by atoms with Crippen molar-refractivity contribution in [1.82, 2.24) is 5.32 Å². The van der Waals surface area contributed by atoms with Gasteiger partial charge in [0.25, 0.3) is 5.91 Å². The van der Waals surface area contributed by atoms with Gasteiger partial charge in [-0.1, -0.05) is 6.07 Å². The van der Waals surface area contributed by atoms with Crippen molar-refractivity contribution in [3.05, 3.63) is 64.4 Å². The van der Waals surface area contributed by atoms with Crippen LogP contribution >= 0.6 is 0 Å². The summed E-state index contributed by atoms with van der Waals surface area (Å²) in [6.45, 7) is 5.16. The molecule has 1 N–H and O–H groups in total. The van der Waals surface area contributed by atoms with Crippen molar-refractivity contribution in [2.24, 2.45) is 0 Å². The Kier molecular flexibility index (Phi) is 3.53. The molecule has 4 heteroatoms. The fraction of sp³-hybridized carbons (Fsp3) is 0.250. The zero-order valence-corrected chi connectivity index (χ0v) is 13.8. The van der Waals surface area contributed by atoms with E-state index in [1.54, 1.807) is 6.26 Å². The molecule has 1 aliphatic heterocycles. The minimum absolute atomic E-state index is 0.0582. The van der Waals surface area contributed by atoms with E-state index in [0.717, 1.165) is 34.3 Å². The summed E-state index contributed by atoms with van der Waals surface area (Å²) in [5, 5.41) is 3.98. The molecule has 0 saturated carbocycles. The Morgan fingerprint density at radius 1 is 1.12 bits per heavy atom. The highest BCUT2D eigenvalue weighted by Crippen LogP contribution is 2.32. The number of hydrogen-bond donors (Lipinski definition) is 1. The highest BCUT2D eigenvalue weighted by molar-refractivity contribution is 5.98. The first kappa shape index (κ1) is 14.8. The predicted molar refractivity (Wildman–Crippen MR) is 92.8 cm³/mol. The fourth-order valence-electron chi connectivity index (χ4n) is 3.26. The van der Waals surface area contributed by atoms with Gasteiger partial charge in [-0.2, -0.15) is 0 Å². The summed E-state index contributed by atoms with van der Waals surface area (Å²) in [6, 6.07) is 10.1. The van der Waals surface area contributed by atoms with Crippen molar-refractivity contribution in [3.63, 3.8) is 0 Å². The van der Waals surface area contributed by atoms with Gasteiger partial charge < -0.3 is 14.5 Å². The number of carbonyl (C=O) groups is 1. The van der Waals surface area contributed by atoms with Gasteiger partial charge in [-0.15, -0.1) is 0 Å². The quantitative estimate of drug-likeness (QED) is 0.782. The van der Waals surface area contributed by atoms with Crippen LogP contribution in [0.4, 0.5) is 0 Å². The lowest BCUT2D eigenvalue weighted by Gasteiger charge is -2.16. The molecular weight excluding hydrogens is 302 g/mol. The minimum atomic E-state index is -0.0582. The van der Waals surface area contributed by atoms with Crippen LogP contribution < -0.4 is 10.1 Å². The van der Waals surface area contributed by atoms with Gasteiger partial charge in [0.15, 0.2) is 0 Å². The zero-order valence-electron chi connectivity index (χ0n) is 13.8. The SMILES string of the molecule is Cc1c(Cc2ccc3occc3c2)cc2c(c1C)OCCNC2=O. The van der Waals surface area contributed by atoms with E-state index in [2.05, 4.69) is 24.4 Å². The molecule has 122 valence electrons. The summed E-state index contributed by atoms with van der Waals surface area (Å²) in [5.74, 6) is 0.661. The van der Waals surface area contributed by atoms with E-state index in [1.165, 1.54) is 11.1 Å². The topological polar surface area (TPSA) is 51.5 Å². The van der Waals surface area contributed by atoms with E-state index < -0.39 is 0 Å². The smallest absolute Gasteiger partial charge is 0.255 e. The van der Waals surface area contributed by atoms with Crippen molar-refractivity contribution >= 4 is 16.9 Å². The van der Waals surface area contributed by atoms with Crippen LogP contribution in [0.1, 0.15) is 32.6 Å². The molecule has 0 aliphatic carbocycles. The maximum atomic E-state index is 12.3. The van der Waals surface area contributed by atoms with Crippen molar-refractivity contribution < 1.29 is 13.9 Å². The molecule has 0 saturated heterocycles. The third-order valence-electron chi connectivity index (χ3n) is 4.74. The molecule has 1 amide bonds. The van der Waals surface area contributed by atoms with Gasteiger partial charge in [-0.25, -0.2) is 0 Å².